The van der Waals surface area contributed by atoms with Gasteiger partial charge in [-0.1, -0.05) is 29.8 Å². The third kappa shape index (κ3) is 5.84. The second-order valence-electron chi connectivity index (χ2n) is 9.11. The summed E-state index contributed by atoms with van der Waals surface area (Å²) in [6, 6.07) is 12.6. The van der Waals surface area contributed by atoms with Crippen LogP contribution in [0.4, 0.5) is 5.00 Å². The molecule has 3 heterocycles. The lowest BCUT2D eigenvalue weighted by Crippen LogP contribution is -2.23. The van der Waals surface area contributed by atoms with Crippen LogP contribution in [-0.2, 0) is 9.47 Å². The van der Waals surface area contributed by atoms with Gasteiger partial charge in [-0.05, 0) is 64.4 Å². The average molecular weight is 557 g/mol. The second-order valence-corrected chi connectivity index (χ2v) is 11.8. The summed E-state index contributed by atoms with van der Waals surface area (Å²) in [5.74, 6) is -1.66. The number of ether oxygens (including phenoxy) is 2. The minimum absolute atomic E-state index is 0.129. The zero-order valence-corrected chi connectivity index (χ0v) is 23.3. The number of fused-ring (bicyclic) bond motifs is 1. The van der Waals surface area contributed by atoms with Crippen molar-refractivity contribution in [1.82, 2.24) is 4.98 Å². The normalized spacial score (nSPS) is 11.4. The summed E-state index contributed by atoms with van der Waals surface area (Å²) in [6.45, 7) is 8.75. The van der Waals surface area contributed by atoms with Crippen LogP contribution in [-0.4, -0.2) is 35.0 Å². The Labute approximate surface area is 227 Å². The number of hydrogen-bond donors (Lipinski definition) is 1. The van der Waals surface area contributed by atoms with Crippen molar-refractivity contribution in [2.75, 3.05) is 11.9 Å². The molecular weight excluding hydrogens is 532 g/mol. The number of amides is 1. The van der Waals surface area contributed by atoms with Gasteiger partial charge < -0.3 is 14.8 Å². The number of para-hydroxylation sites is 1. The second kappa shape index (κ2) is 10.6. The van der Waals surface area contributed by atoms with Crippen LogP contribution >= 0.6 is 34.3 Å². The first-order valence-electron chi connectivity index (χ1n) is 11.5. The van der Waals surface area contributed by atoms with Crippen LogP contribution in [0.3, 0.4) is 0 Å². The van der Waals surface area contributed by atoms with Gasteiger partial charge >= 0.3 is 11.9 Å². The Kier molecular flexibility index (Phi) is 7.68. The SMILES string of the molecule is CCOC(=O)c1c(NC(=O)c2cc(-c3ccc(Cl)s3)nc3ccccc23)sc(C(=O)OC(C)(C)C)c1C. The summed E-state index contributed by atoms with van der Waals surface area (Å²) in [7, 11) is 0. The fourth-order valence-electron chi connectivity index (χ4n) is 3.68. The zero-order valence-electron chi connectivity index (χ0n) is 20.9. The van der Waals surface area contributed by atoms with E-state index in [-0.39, 0.29) is 22.0 Å². The summed E-state index contributed by atoms with van der Waals surface area (Å²) in [5.41, 5.74) is 1.40. The fraction of sp³-hybridized carbons (Fsp3) is 0.259. The maximum absolute atomic E-state index is 13.6. The number of thiophene rings is 2. The molecule has 0 aliphatic carbocycles. The molecule has 3 aromatic heterocycles. The number of nitrogens with one attached hydrogen (secondary N) is 1. The lowest BCUT2D eigenvalue weighted by molar-refractivity contribution is 0.00744. The van der Waals surface area contributed by atoms with Gasteiger partial charge in [0.15, 0.2) is 0 Å². The molecule has 4 aromatic rings. The summed E-state index contributed by atoms with van der Waals surface area (Å²) >= 11 is 8.47. The minimum Gasteiger partial charge on any atom is -0.462 e. The number of anilines is 1. The molecule has 0 aliphatic rings. The van der Waals surface area contributed by atoms with Crippen molar-refractivity contribution in [3.63, 3.8) is 0 Å². The highest BCUT2D eigenvalue weighted by atomic mass is 35.5. The van der Waals surface area contributed by atoms with Crippen LogP contribution in [0, 0.1) is 6.92 Å². The van der Waals surface area contributed by atoms with Gasteiger partial charge in [0.2, 0.25) is 0 Å². The van der Waals surface area contributed by atoms with Gasteiger partial charge in [-0.3, -0.25) is 4.79 Å². The molecule has 10 heteroatoms. The first-order chi connectivity index (χ1) is 17.5. The van der Waals surface area contributed by atoms with E-state index < -0.39 is 23.4 Å². The fourth-order valence-corrected chi connectivity index (χ4v) is 5.75. The third-order valence-electron chi connectivity index (χ3n) is 5.22. The Hall–Kier alpha value is -3.27. The number of rotatable bonds is 6. The number of carbonyl (C=O) groups excluding carboxylic acids is 3. The van der Waals surface area contributed by atoms with Gasteiger partial charge in [-0.2, -0.15) is 0 Å². The van der Waals surface area contributed by atoms with Gasteiger partial charge in [0.05, 0.1) is 38.2 Å². The predicted octanol–water partition coefficient (Wildman–Crippen LogP) is 7.37. The van der Waals surface area contributed by atoms with Crippen LogP contribution in [0.2, 0.25) is 4.34 Å². The molecule has 0 fully saturated rings. The Morgan fingerprint density at radius 1 is 1.05 bits per heavy atom. The Balaban J connectivity index is 1.79. The van der Waals surface area contributed by atoms with E-state index >= 15 is 0 Å². The van der Waals surface area contributed by atoms with E-state index in [9.17, 15) is 14.4 Å². The molecule has 0 saturated heterocycles. The van der Waals surface area contributed by atoms with Crippen LogP contribution in [0.15, 0.2) is 42.5 Å². The van der Waals surface area contributed by atoms with Crippen molar-refractivity contribution in [2.24, 2.45) is 0 Å². The largest absolute Gasteiger partial charge is 0.462 e. The average Bonchev–Trinajstić information content (AvgIpc) is 3.40. The molecule has 1 amide bonds. The van der Waals surface area contributed by atoms with Crippen LogP contribution in [0.1, 0.15) is 63.6 Å². The monoisotopic (exact) mass is 556 g/mol. The first kappa shape index (κ1) is 26.8. The maximum Gasteiger partial charge on any atom is 0.349 e. The molecule has 0 spiro atoms. The number of esters is 2. The molecule has 0 unspecified atom stereocenters. The molecule has 37 heavy (non-hydrogen) atoms. The van der Waals surface area contributed by atoms with Gasteiger partial charge in [0, 0.05) is 5.39 Å². The number of aromatic nitrogens is 1. The van der Waals surface area contributed by atoms with E-state index in [2.05, 4.69) is 5.32 Å². The smallest absolute Gasteiger partial charge is 0.349 e. The Bertz CT molecular complexity index is 1520. The van der Waals surface area contributed by atoms with E-state index in [1.165, 1.54) is 11.3 Å². The molecule has 1 N–H and O–H groups in total. The highest BCUT2D eigenvalue weighted by molar-refractivity contribution is 7.19. The summed E-state index contributed by atoms with van der Waals surface area (Å²) in [4.78, 5) is 45.1. The molecule has 0 aliphatic heterocycles. The van der Waals surface area contributed by atoms with Gasteiger partial charge in [0.25, 0.3) is 5.91 Å². The molecule has 0 radical (unpaired) electrons. The van der Waals surface area contributed by atoms with E-state index in [0.29, 0.717) is 32.1 Å². The van der Waals surface area contributed by atoms with E-state index in [1.54, 1.807) is 52.8 Å². The zero-order chi connectivity index (χ0) is 26.9. The number of halogens is 1. The van der Waals surface area contributed by atoms with Crippen LogP contribution < -0.4 is 5.32 Å². The summed E-state index contributed by atoms with van der Waals surface area (Å²) in [5, 5.41) is 3.70. The standard InChI is InChI=1S/C27H25ClN2O5S2/c1-6-34-25(32)21-14(2)22(26(33)35-27(3,4)5)37-24(21)30-23(31)16-13-18(19-11-12-20(28)36-19)29-17-10-8-7-9-15(16)17/h7-13H,6H2,1-5H3,(H,30,31). The lowest BCUT2D eigenvalue weighted by Gasteiger charge is -2.19. The summed E-state index contributed by atoms with van der Waals surface area (Å²) < 4.78 is 11.3. The number of hydrogen-bond acceptors (Lipinski definition) is 8. The van der Waals surface area contributed by atoms with Gasteiger partial charge in [-0.25, -0.2) is 14.6 Å². The van der Waals surface area contributed by atoms with Crippen LogP contribution in [0.5, 0.6) is 0 Å². The molecule has 192 valence electrons. The van der Waals surface area contributed by atoms with E-state index in [0.717, 1.165) is 16.2 Å². The van der Waals surface area contributed by atoms with Crippen molar-refractivity contribution in [1.29, 1.82) is 0 Å². The first-order valence-corrected chi connectivity index (χ1v) is 13.5. The van der Waals surface area contributed by atoms with Crippen molar-refractivity contribution >= 4 is 68.0 Å². The number of nitrogens with zero attached hydrogens (tertiary/aromatic N) is 1. The predicted molar refractivity (Wildman–Crippen MR) is 148 cm³/mol. The molecule has 0 bridgehead atoms. The quantitative estimate of drug-likeness (QED) is 0.249. The topological polar surface area (TPSA) is 94.6 Å². The third-order valence-corrected chi connectivity index (χ3v) is 7.67. The summed E-state index contributed by atoms with van der Waals surface area (Å²) in [6.07, 6.45) is 0. The van der Waals surface area contributed by atoms with E-state index in [1.807, 2.05) is 24.3 Å². The van der Waals surface area contributed by atoms with E-state index in [4.69, 9.17) is 26.1 Å². The van der Waals surface area contributed by atoms with Crippen molar-refractivity contribution < 1.29 is 23.9 Å². The molecule has 0 saturated carbocycles. The van der Waals surface area contributed by atoms with Crippen molar-refractivity contribution in [3.05, 3.63) is 68.4 Å². The Morgan fingerprint density at radius 2 is 1.78 bits per heavy atom. The van der Waals surface area contributed by atoms with Gasteiger partial charge in [0.1, 0.15) is 15.5 Å². The highest BCUT2D eigenvalue weighted by Gasteiger charge is 2.30. The Morgan fingerprint density at radius 3 is 2.43 bits per heavy atom. The maximum atomic E-state index is 13.6. The molecule has 0 atom stereocenters. The van der Waals surface area contributed by atoms with Gasteiger partial charge in [-0.15, -0.1) is 22.7 Å². The minimum atomic E-state index is -0.724. The van der Waals surface area contributed by atoms with Crippen LogP contribution in [0.25, 0.3) is 21.5 Å². The molecular formula is C27H25ClN2O5S2. The molecule has 7 nitrogen and oxygen atoms in total. The lowest BCUT2D eigenvalue weighted by atomic mass is 10.1. The highest BCUT2D eigenvalue weighted by Crippen LogP contribution is 2.37. The number of carbonyl (C=O) groups is 3. The van der Waals surface area contributed by atoms with Crippen molar-refractivity contribution in [3.8, 4) is 10.6 Å². The van der Waals surface area contributed by atoms with Crippen molar-refractivity contribution in [2.45, 2.75) is 40.2 Å². The molecule has 4 rings (SSSR count). The number of pyridine rings is 1. The molecule has 1 aromatic carbocycles. The number of benzene rings is 1.